The fourth-order valence-electron chi connectivity index (χ4n) is 1.43. The minimum Gasteiger partial charge on any atom is -0.392 e. The van der Waals surface area contributed by atoms with Crippen LogP contribution < -0.4 is 11.1 Å². The third kappa shape index (κ3) is 2.63. The van der Waals surface area contributed by atoms with Crippen molar-refractivity contribution >= 4 is 28.9 Å². The summed E-state index contributed by atoms with van der Waals surface area (Å²) in [6.45, 7) is 5.49. The summed E-state index contributed by atoms with van der Waals surface area (Å²) < 4.78 is 1.61. The van der Waals surface area contributed by atoms with E-state index in [0.717, 1.165) is 5.69 Å². The maximum Gasteiger partial charge on any atom is 0.238 e. The Kier molecular flexibility index (Phi) is 3.87. The van der Waals surface area contributed by atoms with Gasteiger partial charge in [-0.2, -0.15) is 5.10 Å². The van der Waals surface area contributed by atoms with Crippen LogP contribution in [0.4, 0.5) is 5.82 Å². The smallest absolute Gasteiger partial charge is 0.238 e. The molecule has 0 aliphatic carbocycles. The molecule has 1 heterocycles. The van der Waals surface area contributed by atoms with Crippen LogP contribution in [0.2, 0.25) is 0 Å². The summed E-state index contributed by atoms with van der Waals surface area (Å²) in [5.41, 5.74) is 5.65. The lowest BCUT2D eigenvalue weighted by molar-refractivity contribution is -0.121. The second-order valence-electron chi connectivity index (χ2n) is 4.30. The van der Waals surface area contributed by atoms with Crippen LogP contribution in [0.1, 0.15) is 26.0 Å². The molecular weight excluding hydrogens is 236 g/mol. The molecule has 0 aromatic carbocycles. The van der Waals surface area contributed by atoms with E-state index in [1.165, 1.54) is 0 Å². The molecule has 94 valence electrons. The van der Waals surface area contributed by atoms with Gasteiger partial charge in [-0.05, 0) is 20.3 Å². The van der Waals surface area contributed by atoms with Gasteiger partial charge in [0.15, 0.2) is 0 Å². The second kappa shape index (κ2) is 4.83. The molecule has 5 nitrogen and oxygen atoms in total. The second-order valence-corrected chi connectivity index (χ2v) is 4.74. The molecule has 1 aromatic rings. The SMILES string of the molecule is CCC(C)(C(=O)Nc1cc(C)nn1C)C(N)=S. The van der Waals surface area contributed by atoms with Gasteiger partial charge in [-0.1, -0.05) is 19.1 Å². The van der Waals surface area contributed by atoms with E-state index in [1.54, 1.807) is 24.7 Å². The molecule has 0 aliphatic heterocycles. The number of aryl methyl sites for hydroxylation is 2. The Morgan fingerprint density at radius 2 is 2.29 bits per heavy atom. The minimum atomic E-state index is -0.826. The van der Waals surface area contributed by atoms with Crippen LogP contribution in [0.5, 0.6) is 0 Å². The number of carbonyl (C=O) groups excluding carboxylic acids is 1. The first-order valence-corrected chi connectivity index (χ1v) is 5.84. The molecule has 1 rings (SSSR count). The van der Waals surface area contributed by atoms with Crippen LogP contribution in [-0.2, 0) is 11.8 Å². The van der Waals surface area contributed by atoms with Gasteiger partial charge in [0.1, 0.15) is 5.82 Å². The van der Waals surface area contributed by atoms with Gasteiger partial charge in [-0.3, -0.25) is 9.48 Å². The number of rotatable bonds is 4. The lowest BCUT2D eigenvalue weighted by Gasteiger charge is -2.25. The van der Waals surface area contributed by atoms with E-state index in [4.69, 9.17) is 18.0 Å². The summed E-state index contributed by atoms with van der Waals surface area (Å²) in [5, 5.41) is 6.95. The fraction of sp³-hybridized carbons (Fsp3) is 0.545. The Balaban J connectivity index is 2.92. The highest BCUT2D eigenvalue weighted by atomic mass is 32.1. The number of hydrogen-bond donors (Lipinski definition) is 2. The van der Waals surface area contributed by atoms with Crippen molar-refractivity contribution in [1.82, 2.24) is 9.78 Å². The van der Waals surface area contributed by atoms with Crippen molar-refractivity contribution in [2.24, 2.45) is 18.2 Å². The van der Waals surface area contributed by atoms with E-state index in [9.17, 15) is 4.79 Å². The molecule has 3 N–H and O–H groups in total. The Morgan fingerprint density at radius 3 is 2.65 bits per heavy atom. The third-order valence-electron chi connectivity index (χ3n) is 3.00. The van der Waals surface area contributed by atoms with Gasteiger partial charge in [0, 0.05) is 13.1 Å². The molecule has 0 bridgehead atoms. The summed E-state index contributed by atoms with van der Waals surface area (Å²) in [6, 6.07) is 1.80. The van der Waals surface area contributed by atoms with E-state index in [2.05, 4.69) is 10.4 Å². The minimum absolute atomic E-state index is 0.199. The Bertz CT molecular complexity index is 454. The van der Waals surface area contributed by atoms with Crippen LogP contribution in [0, 0.1) is 12.3 Å². The highest BCUT2D eigenvalue weighted by molar-refractivity contribution is 7.80. The van der Waals surface area contributed by atoms with Crippen molar-refractivity contribution in [2.75, 3.05) is 5.32 Å². The van der Waals surface area contributed by atoms with Gasteiger partial charge >= 0.3 is 0 Å². The maximum atomic E-state index is 12.1. The van der Waals surface area contributed by atoms with E-state index in [0.29, 0.717) is 12.2 Å². The fourth-order valence-corrected chi connectivity index (χ4v) is 1.67. The molecule has 0 fully saturated rings. The lowest BCUT2D eigenvalue weighted by Crippen LogP contribution is -2.43. The highest BCUT2D eigenvalue weighted by Crippen LogP contribution is 2.24. The Labute approximate surface area is 106 Å². The zero-order chi connectivity index (χ0) is 13.2. The quantitative estimate of drug-likeness (QED) is 0.796. The number of nitrogens with two attached hydrogens (primary N) is 1. The number of hydrogen-bond acceptors (Lipinski definition) is 3. The van der Waals surface area contributed by atoms with Crippen LogP contribution in [0.3, 0.4) is 0 Å². The number of amides is 1. The molecule has 0 saturated carbocycles. The zero-order valence-corrected chi connectivity index (χ0v) is 11.4. The third-order valence-corrected chi connectivity index (χ3v) is 3.45. The van der Waals surface area contributed by atoms with Gasteiger partial charge in [0.05, 0.1) is 16.1 Å². The first kappa shape index (κ1) is 13.6. The highest BCUT2D eigenvalue weighted by Gasteiger charge is 2.35. The maximum absolute atomic E-state index is 12.1. The average Bonchev–Trinajstić information content (AvgIpc) is 2.55. The van der Waals surface area contributed by atoms with Crippen LogP contribution >= 0.6 is 12.2 Å². The molecule has 6 heteroatoms. The molecule has 1 aromatic heterocycles. The van der Waals surface area contributed by atoms with Crippen molar-refractivity contribution in [1.29, 1.82) is 0 Å². The molecule has 0 spiro atoms. The molecular formula is C11H18N4OS. The number of nitrogens with one attached hydrogen (secondary N) is 1. The zero-order valence-electron chi connectivity index (χ0n) is 10.6. The van der Waals surface area contributed by atoms with Crippen LogP contribution in [0.15, 0.2) is 6.07 Å². The van der Waals surface area contributed by atoms with E-state index in [1.807, 2.05) is 13.8 Å². The van der Waals surface area contributed by atoms with Gasteiger partial charge in [-0.25, -0.2) is 0 Å². The van der Waals surface area contributed by atoms with Crippen molar-refractivity contribution < 1.29 is 4.79 Å². The van der Waals surface area contributed by atoms with Crippen molar-refractivity contribution in [3.8, 4) is 0 Å². The molecule has 0 radical (unpaired) electrons. The van der Waals surface area contributed by atoms with E-state index >= 15 is 0 Å². The van der Waals surface area contributed by atoms with Gasteiger partial charge in [0.25, 0.3) is 0 Å². The van der Waals surface area contributed by atoms with E-state index in [-0.39, 0.29) is 10.9 Å². The first-order valence-electron chi connectivity index (χ1n) is 5.43. The normalized spacial score (nSPS) is 14.1. The number of anilines is 1. The first-order chi connectivity index (χ1) is 7.81. The number of carbonyl (C=O) groups is 1. The molecule has 17 heavy (non-hydrogen) atoms. The van der Waals surface area contributed by atoms with Gasteiger partial charge in [0.2, 0.25) is 5.91 Å². The number of nitrogens with zero attached hydrogens (tertiary/aromatic N) is 2. The largest absolute Gasteiger partial charge is 0.392 e. The van der Waals surface area contributed by atoms with Crippen molar-refractivity contribution in [3.63, 3.8) is 0 Å². The Morgan fingerprint density at radius 1 is 1.71 bits per heavy atom. The van der Waals surface area contributed by atoms with Crippen molar-refractivity contribution in [3.05, 3.63) is 11.8 Å². The lowest BCUT2D eigenvalue weighted by atomic mass is 9.86. The predicted octanol–water partition coefficient (Wildman–Crippen LogP) is 1.37. The average molecular weight is 254 g/mol. The molecule has 0 aliphatic rings. The standard InChI is InChI=1S/C11H18N4OS/c1-5-11(3,9(12)17)10(16)13-8-6-7(2)14-15(8)4/h6H,5H2,1-4H3,(H2,12,17)(H,13,16). The monoisotopic (exact) mass is 254 g/mol. The summed E-state index contributed by atoms with van der Waals surface area (Å²) in [4.78, 5) is 12.4. The van der Waals surface area contributed by atoms with E-state index < -0.39 is 5.41 Å². The summed E-state index contributed by atoms with van der Waals surface area (Å²) in [6.07, 6.45) is 0.561. The summed E-state index contributed by atoms with van der Waals surface area (Å²) >= 11 is 4.95. The van der Waals surface area contributed by atoms with Crippen molar-refractivity contribution in [2.45, 2.75) is 27.2 Å². The molecule has 1 amide bonds. The summed E-state index contributed by atoms with van der Waals surface area (Å²) in [5.74, 6) is 0.443. The number of aromatic nitrogens is 2. The van der Waals surface area contributed by atoms with Gasteiger partial charge < -0.3 is 11.1 Å². The molecule has 1 atom stereocenters. The molecule has 1 unspecified atom stereocenters. The van der Waals surface area contributed by atoms with Crippen LogP contribution in [-0.4, -0.2) is 20.7 Å². The van der Waals surface area contributed by atoms with Crippen LogP contribution in [0.25, 0.3) is 0 Å². The predicted molar refractivity (Wildman–Crippen MR) is 71.8 cm³/mol. The Hall–Kier alpha value is -1.43. The van der Waals surface area contributed by atoms with Gasteiger partial charge in [-0.15, -0.1) is 0 Å². The summed E-state index contributed by atoms with van der Waals surface area (Å²) in [7, 11) is 1.77. The molecule has 0 saturated heterocycles. The topological polar surface area (TPSA) is 72.9 Å². The number of thiocarbonyl (C=S) groups is 1.